The van der Waals surface area contributed by atoms with Gasteiger partial charge in [0.15, 0.2) is 0 Å². The molecule has 0 aliphatic carbocycles. The fraction of sp³-hybridized carbons (Fsp3) is 0.0952. The fourth-order valence-electron chi connectivity index (χ4n) is 2.71. The van der Waals surface area contributed by atoms with Crippen molar-refractivity contribution in [3.63, 3.8) is 0 Å². The largest absolute Gasteiger partial charge is 0.497 e. The molecule has 0 aliphatic rings. The van der Waals surface area contributed by atoms with E-state index >= 15 is 0 Å². The second-order valence-corrected chi connectivity index (χ2v) is 7.57. The molecule has 1 amide bonds. The van der Waals surface area contributed by atoms with Crippen LogP contribution < -0.4 is 13.8 Å². The van der Waals surface area contributed by atoms with Crippen LogP contribution in [0, 0.1) is 0 Å². The molecule has 0 aliphatic heterocycles. The van der Waals surface area contributed by atoms with Crippen molar-refractivity contribution in [3.8, 4) is 11.5 Å². The molecule has 0 radical (unpaired) electrons. The lowest BCUT2D eigenvalue weighted by molar-refractivity contribution is 0.100. The van der Waals surface area contributed by atoms with Gasteiger partial charge in [-0.25, -0.2) is 8.42 Å². The molecule has 144 valence electrons. The van der Waals surface area contributed by atoms with Crippen LogP contribution in [0.25, 0.3) is 0 Å². The summed E-state index contributed by atoms with van der Waals surface area (Å²) < 4.78 is 37.8. The molecular weight excluding hydrogens is 378 g/mol. The van der Waals surface area contributed by atoms with E-state index in [1.807, 2.05) is 0 Å². The monoisotopic (exact) mass is 397 g/mol. The van der Waals surface area contributed by atoms with Crippen LogP contribution in [0.15, 0.2) is 83.8 Å². The topological polar surface area (TPSA) is 72.9 Å². The number of ether oxygens (including phenoxy) is 2. The van der Waals surface area contributed by atoms with Gasteiger partial charge >= 0.3 is 0 Å². The molecule has 7 heteroatoms. The minimum absolute atomic E-state index is 0.00839. The number of rotatable bonds is 6. The number of para-hydroxylation sites is 1. The molecule has 0 saturated carbocycles. The Morgan fingerprint density at radius 1 is 0.786 bits per heavy atom. The standard InChI is InChI=1S/C21H19NO5S/c1-26-17-14-12-16(13-15-17)22(28(24,25)18-8-4-3-5-9-18)21(23)19-10-6-7-11-20(19)27-2/h3-15H,1-2H3. The van der Waals surface area contributed by atoms with Crippen LogP contribution in [0.4, 0.5) is 5.69 Å². The van der Waals surface area contributed by atoms with Crippen molar-refractivity contribution in [2.45, 2.75) is 4.90 Å². The van der Waals surface area contributed by atoms with Crippen LogP contribution in [-0.4, -0.2) is 28.5 Å². The van der Waals surface area contributed by atoms with E-state index in [1.165, 1.54) is 44.6 Å². The lowest BCUT2D eigenvalue weighted by atomic mass is 10.2. The second kappa shape index (κ2) is 8.14. The summed E-state index contributed by atoms with van der Waals surface area (Å²) in [5.74, 6) is 0.117. The summed E-state index contributed by atoms with van der Waals surface area (Å²) in [5.41, 5.74) is 0.334. The molecule has 0 fully saturated rings. The molecule has 3 aromatic carbocycles. The van der Waals surface area contributed by atoms with Gasteiger partial charge in [0.05, 0.1) is 30.4 Å². The Kier molecular flexibility index (Phi) is 5.65. The van der Waals surface area contributed by atoms with Crippen molar-refractivity contribution < 1.29 is 22.7 Å². The van der Waals surface area contributed by atoms with Gasteiger partial charge < -0.3 is 9.47 Å². The average Bonchev–Trinajstić information content (AvgIpc) is 2.74. The Morgan fingerprint density at radius 3 is 2.00 bits per heavy atom. The number of carbonyl (C=O) groups excluding carboxylic acids is 1. The van der Waals surface area contributed by atoms with Gasteiger partial charge in [-0.05, 0) is 48.5 Å². The van der Waals surface area contributed by atoms with Crippen LogP contribution in [0.1, 0.15) is 10.4 Å². The third-order valence-electron chi connectivity index (χ3n) is 4.11. The van der Waals surface area contributed by atoms with E-state index in [0.717, 1.165) is 4.31 Å². The lowest BCUT2D eigenvalue weighted by Crippen LogP contribution is -2.37. The molecule has 0 heterocycles. The molecule has 0 N–H and O–H groups in total. The zero-order valence-electron chi connectivity index (χ0n) is 15.4. The summed E-state index contributed by atoms with van der Waals surface area (Å²) in [6, 6.07) is 20.5. The number of benzene rings is 3. The molecule has 0 saturated heterocycles. The number of amides is 1. The third kappa shape index (κ3) is 3.70. The maximum atomic E-state index is 13.3. The quantitative estimate of drug-likeness (QED) is 0.634. The SMILES string of the molecule is COc1ccc(N(C(=O)c2ccccc2OC)S(=O)(=O)c2ccccc2)cc1. The maximum absolute atomic E-state index is 13.3. The van der Waals surface area contributed by atoms with E-state index in [4.69, 9.17) is 9.47 Å². The number of hydrogen-bond donors (Lipinski definition) is 0. The van der Waals surface area contributed by atoms with Gasteiger partial charge in [-0.2, -0.15) is 4.31 Å². The number of sulfonamides is 1. The molecule has 3 rings (SSSR count). The van der Waals surface area contributed by atoms with Gasteiger partial charge in [0.2, 0.25) is 0 Å². The van der Waals surface area contributed by atoms with Gasteiger partial charge in [-0.1, -0.05) is 30.3 Å². The third-order valence-corrected chi connectivity index (χ3v) is 5.84. The molecular formula is C21H19NO5S. The van der Waals surface area contributed by atoms with Crippen molar-refractivity contribution >= 4 is 21.6 Å². The highest BCUT2D eigenvalue weighted by molar-refractivity contribution is 7.93. The summed E-state index contributed by atoms with van der Waals surface area (Å²) in [6.45, 7) is 0. The van der Waals surface area contributed by atoms with Gasteiger partial charge in [0, 0.05) is 0 Å². The summed E-state index contributed by atoms with van der Waals surface area (Å²) in [5, 5.41) is 0. The number of methoxy groups -OCH3 is 2. The predicted molar refractivity (Wildman–Crippen MR) is 106 cm³/mol. The summed E-state index contributed by atoms with van der Waals surface area (Å²) in [6.07, 6.45) is 0. The zero-order chi connectivity index (χ0) is 20.1. The molecule has 0 unspecified atom stereocenters. The van der Waals surface area contributed by atoms with Gasteiger partial charge in [-0.15, -0.1) is 0 Å². The Bertz CT molecular complexity index is 1060. The summed E-state index contributed by atoms with van der Waals surface area (Å²) in [7, 11) is -1.23. The first-order valence-electron chi connectivity index (χ1n) is 8.41. The normalized spacial score (nSPS) is 10.9. The first kappa shape index (κ1) is 19.4. The number of carbonyl (C=O) groups is 1. The minimum Gasteiger partial charge on any atom is -0.497 e. The zero-order valence-corrected chi connectivity index (χ0v) is 16.2. The summed E-state index contributed by atoms with van der Waals surface area (Å²) in [4.78, 5) is 13.3. The van der Waals surface area contributed by atoms with Crippen LogP contribution >= 0.6 is 0 Å². The van der Waals surface area contributed by atoms with E-state index in [-0.39, 0.29) is 21.9 Å². The molecule has 0 atom stereocenters. The highest BCUT2D eigenvalue weighted by atomic mass is 32.2. The van der Waals surface area contributed by atoms with E-state index < -0.39 is 15.9 Å². The van der Waals surface area contributed by atoms with Crippen LogP contribution in [0.5, 0.6) is 11.5 Å². The molecule has 28 heavy (non-hydrogen) atoms. The van der Waals surface area contributed by atoms with Crippen molar-refractivity contribution in [2.24, 2.45) is 0 Å². The van der Waals surface area contributed by atoms with Crippen molar-refractivity contribution in [1.29, 1.82) is 0 Å². The van der Waals surface area contributed by atoms with E-state index in [2.05, 4.69) is 0 Å². The Morgan fingerprint density at radius 2 is 1.39 bits per heavy atom. The molecule has 0 spiro atoms. The number of anilines is 1. The number of nitrogens with zero attached hydrogens (tertiary/aromatic N) is 1. The van der Waals surface area contributed by atoms with Crippen molar-refractivity contribution in [3.05, 3.63) is 84.4 Å². The lowest BCUT2D eigenvalue weighted by Gasteiger charge is -2.23. The first-order valence-corrected chi connectivity index (χ1v) is 9.85. The van der Waals surface area contributed by atoms with Crippen LogP contribution in [0.3, 0.4) is 0 Å². The first-order chi connectivity index (χ1) is 13.5. The van der Waals surface area contributed by atoms with Crippen molar-refractivity contribution in [1.82, 2.24) is 0 Å². The van der Waals surface area contributed by atoms with E-state index in [0.29, 0.717) is 5.75 Å². The molecule has 3 aromatic rings. The Hall–Kier alpha value is -3.32. The second-order valence-electron chi connectivity index (χ2n) is 5.79. The number of hydrogen-bond acceptors (Lipinski definition) is 5. The van der Waals surface area contributed by atoms with E-state index in [9.17, 15) is 13.2 Å². The predicted octanol–water partition coefficient (Wildman–Crippen LogP) is 3.74. The van der Waals surface area contributed by atoms with Crippen LogP contribution in [-0.2, 0) is 10.0 Å². The highest BCUT2D eigenvalue weighted by Crippen LogP contribution is 2.30. The highest BCUT2D eigenvalue weighted by Gasteiger charge is 2.33. The van der Waals surface area contributed by atoms with Crippen LogP contribution in [0.2, 0.25) is 0 Å². The fourth-order valence-corrected chi connectivity index (χ4v) is 4.14. The Balaban J connectivity index is 2.18. The maximum Gasteiger partial charge on any atom is 0.276 e. The van der Waals surface area contributed by atoms with Gasteiger partial charge in [0.25, 0.3) is 15.9 Å². The van der Waals surface area contributed by atoms with Crippen molar-refractivity contribution in [2.75, 3.05) is 18.5 Å². The summed E-state index contributed by atoms with van der Waals surface area (Å²) >= 11 is 0. The Labute approximate surface area is 164 Å². The molecule has 6 nitrogen and oxygen atoms in total. The van der Waals surface area contributed by atoms with E-state index in [1.54, 1.807) is 48.5 Å². The van der Waals surface area contributed by atoms with Gasteiger partial charge in [0.1, 0.15) is 11.5 Å². The van der Waals surface area contributed by atoms with Gasteiger partial charge in [-0.3, -0.25) is 4.79 Å². The molecule has 0 aromatic heterocycles. The molecule has 0 bridgehead atoms. The average molecular weight is 397 g/mol. The smallest absolute Gasteiger partial charge is 0.276 e. The minimum atomic E-state index is -4.16.